The van der Waals surface area contributed by atoms with Crippen molar-refractivity contribution in [3.05, 3.63) is 318 Å². The number of ketones is 2. The Morgan fingerprint density at radius 1 is 0.577 bits per heavy atom. The van der Waals surface area contributed by atoms with Crippen LogP contribution in [0, 0.1) is 61.9 Å². The van der Waals surface area contributed by atoms with Crippen LogP contribution in [-0.2, 0) is 57.4 Å². The van der Waals surface area contributed by atoms with Crippen molar-refractivity contribution in [2.24, 2.45) is 34.5 Å². The molecule has 1 unspecified atom stereocenters. The molecule has 2 saturated carbocycles. The van der Waals surface area contributed by atoms with Crippen LogP contribution in [0.2, 0.25) is 35.5 Å². The summed E-state index contributed by atoms with van der Waals surface area (Å²) in [7, 11) is 0.586. The zero-order valence-electron chi connectivity index (χ0n) is 68.2. The second kappa shape index (κ2) is 55.9. The number of benzene rings is 4. The van der Waals surface area contributed by atoms with Gasteiger partial charge in [0.15, 0.2) is 6.29 Å². The van der Waals surface area contributed by atoms with Crippen molar-refractivity contribution in [2.75, 3.05) is 18.5 Å². The van der Waals surface area contributed by atoms with E-state index in [1.165, 1.54) is 71.0 Å². The molecule has 12 aromatic rings. The van der Waals surface area contributed by atoms with Crippen LogP contribution in [0.1, 0.15) is 180 Å². The Hall–Kier alpha value is -5.67. The first kappa shape index (κ1) is 108. The minimum absolute atomic E-state index is 0. The van der Waals surface area contributed by atoms with Gasteiger partial charge in [-0.25, -0.2) is 45.0 Å². The molecule has 2 aliphatic carbocycles. The van der Waals surface area contributed by atoms with E-state index in [1.54, 1.807) is 41.3 Å². The van der Waals surface area contributed by atoms with E-state index >= 15 is 0 Å². The molecule has 37 heteroatoms. The zero-order chi connectivity index (χ0) is 89.8. The molecule has 0 aliphatic heterocycles. The van der Waals surface area contributed by atoms with Crippen LogP contribution in [0.15, 0.2) is 171 Å². The zero-order valence-corrected chi connectivity index (χ0v) is 81.7. The van der Waals surface area contributed by atoms with Crippen molar-refractivity contribution in [3.8, 4) is 0 Å². The van der Waals surface area contributed by atoms with Gasteiger partial charge in [-0.1, -0.05) is 157 Å². The molecule has 14 rings (SSSR count). The van der Waals surface area contributed by atoms with Crippen LogP contribution in [0.4, 0.5) is 5.82 Å². The van der Waals surface area contributed by atoms with Crippen molar-refractivity contribution in [1.82, 2.24) is 39.9 Å². The van der Waals surface area contributed by atoms with Gasteiger partial charge in [-0.3, -0.25) is 14.4 Å². The molecule has 123 heavy (non-hydrogen) atoms. The third-order valence-corrected chi connectivity index (χ3v) is 26.4. The molecule has 4 aromatic carbocycles. The Balaban J connectivity index is 0.000000265. The summed E-state index contributed by atoms with van der Waals surface area (Å²) < 4.78 is 36.0. The number of hydrogen-bond donors (Lipinski definition) is 6. The number of aliphatic hydroxyl groups is 3. The predicted molar refractivity (Wildman–Crippen MR) is 499 cm³/mol. The van der Waals surface area contributed by atoms with E-state index in [9.17, 15) is 33.0 Å². The number of carbonyl (C=O) groups excluding carboxylic acids is 3. The number of nitrogens with two attached hydrogens (primary N) is 2. The van der Waals surface area contributed by atoms with Gasteiger partial charge in [0.05, 0.1) is 29.3 Å². The molecule has 0 bridgehead atoms. The summed E-state index contributed by atoms with van der Waals surface area (Å²) >= 11 is 48.4. The number of aliphatic hydroxyl groups excluding tert-OH is 3. The molecule has 7 atom stereocenters. The second-order valence-electron chi connectivity index (χ2n) is 28.1. The average Bonchev–Trinajstić information content (AvgIpc) is 1.60. The number of carbonyl (C=O) groups is 3. The number of rotatable bonds is 20. The number of aldehydes is 1. The fourth-order valence-corrected chi connectivity index (χ4v) is 18.8. The summed E-state index contributed by atoms with van der Waals surface area (Å²) in [5, 5.41) is 40.3. The predicted octanol–water partition coefficient (Wildman–Crippen LogP) is 19.0. The van der Waals surface area contributed by atoms with Crippen molar-refractivity contribution in [2.45, 2.75) is 131 Å². The van der Waals surface area contributed by atoms with Crippen molar-refractivity contribution >= 4 is 193 Å². The summed E-state index contributed by atoms with van der Waals surface area (Å²) in [6.07, 6.45) is 21.2. The van der Waals surface area contributed by atoms with Crippen molar-refractivity contribution in [1.29, 1.82) is 0 Å². The Morgan fingerprint density at radius 2 is 0.959 bits per heavy atom. The molecule has 8 heterocycles. The molecule has 8 aromatic heterocycles. The number of halogens is 9. The number of nitrogens with zero attached hydrogens (tertiary/aromatic N) is 8. The average molecular weight is 2070 g/mol. The van der Waals surface area contributed by atoms with Crippen LogP contribution < -0.4 is 35.1 Å². The van der Waals surface area contributed by atoms with E-state index < -0.39 is 30.2 Å². The van der Waals surface area contributed by atoms with Crippen molar-refractivity contribution < 1.29 is 79.5 Å². The normalized spacial score (nSPS) is 15.5. The first-order valence-electron chi connectivity index (χ1n) is 37.6. The molecule has 2 fully saturated rings. The summed E-state index contributed by atoms with van der Waals surface area (Å²) in [6, 6.07) is 39.9. The number of thiophene rings is 4. The summed E-state index contributed by atoms with van der Waals surface area (Å²) in [5.41, 5.74) is 15.5. The number of aromatic nitrogens is 8. The molecule has 651 valence electrons. The summed E-state index contributed by atoms with van der Waals surface area (Å²) in [5.74, 6) is 2.19. The van der Waals surface area contributed by atoms with E-state index in [2.05, 4.69) is 129 Å². The standard InChI is InChI=1S/C24H26ClN3O2S.C17H14Cl2N2OS.C17H12Cl2N2OS.C13H11ClOS.C7H15NO.C4H2ClIN2.C4H9.ClH2NO2S.Li.Mn.2O/c1-14-6-19(10-17(14)12-29)28-24-21(11-26-13-27-24)22(30)23-15(2)7-20(31-23)9-16-4-3-5-18(25)8-16;2*1-10-5-13(7-11-3-2-4-12(18)6-11)23-16(10)15(22)14-8-20-9-21-17(14)19;1-9-5-12(16-13(9)8-15)7-10-3-2-4-11(14)6-10;1-5-2-7(8)3-6(5)4-9;5-4-3(6)1-7-2-8-4;1-3-4-2;1-5(2,3)4;;;;/h3-5,7-8,11,13-14,17,19,29H,6,9-10,12H2,1-2H3,(H,26,27,28);2-6,8-9,15,22H,7H2,1H3;2-6,8-9H,7H2,1H3;2-6,8H,7H2,1H3;5-7,9H,2-4,8H2,1H3;1-2H;1,3-4H2,2H3;(H2,2,3,4);;;;/q;;;;;;-1;;+1;;;/t14-,17+,19-;;;;5-,6+,7-;;;;;;;/m0...0......./s1. The molecular formula is C86H91Cl8ILiMnN11O10S5. The molecule has 8 N–H and O–H groups in total. The molecule has 0 spiro atoms. The first-order valence-corrected chi connectivity index (χ1v) is 48.0. The van der Waals surface area contributed by atoms with E-state index in [4.69, 9.17) is 99.7 Å². The quantitative estimate of drug-likeness (QED) is 0.00785. The minimum atomic E-state index is -3.69. The molecule has 0 radical (unpaired) electrons. The van der Waals surface area contributed by atoms with Crippen LogP contribution in [0.3, 0.4) is 0 Å². The van der Waals surface area contributed by atoms with Gasteiger partial charge in [0.1, 0.15) is 52.7 Å². The van der Waals surface area contributed by atoms with Gasteiger partial charge in [-0.15, -0.1) is 45.3 Å². The molecule has 21 nitrogen and oxygen atoms in total. The molecule has 2 aliphatic rings. The van der Waals surface area contributed by atoms with E-state index in [0.717, 1.165) is 141 Å². The number of aryl methyl sites for hydroxylation is 4. The SMILES string of the molecule is C[C@H]1C[C@H](N)C[C@@H]1CO.Cc1cc(Cc2cccc(Cl)c2)sc1C(=O)c1cncnc1Cl.Cc1cc(Cc2cccc(Cl)c2)sc1C(=O)c1cncnc1N[C@@H]1C[C@H](CO)[C@@H](C)C1.Cc1cc(Cc2cccc(Cl)c2)sc1C(O)c1cncnc1Cl.Cc1cc(Cc2cccc(Cl)c2)sc1C=O.Clc1ncncc1I.NS(=O)(=O)Cl.[CH2-]CCC.[Li+].[O]=[Mn]=[O]. The van der Waals surface area contributed by atoms with Gasteiger partial charge in [0.2, 0.25) is 11.6 Å². The van der Waals surface area contributed by atoms with Crippen molar-refractivity contribution in [3.63, 3.8) is 0 Å². The van der Waals surface area contributed by atoms with E-state index in [-0.39, 0.29) is 59.3 Å². The molecule has 0 saturated heterocycles. The van der Waals surface area contributed by atoms with Gasteiger partial charge in [0, 0.05) is 136 Å². The molecule has 0 amide bonds. The van der Waals surface area contributed by atoms with Gasteiger partial charge < -0.3 is 33.3 Å². The Kier molecular flexibility index (Phi) is 49.0. The fourth-order valence-electron chi connectivity index (χ4n) is 12.6. The van der Waals surface area contributed by atoms with E-state index in [0.29, 0.717) is 77.9 Å². The summed E-state index contributed by atoms with van der Waals surface area (Å²) in [4.78, 5) is 75.9. The second-order valence-corrected chi connectivity index (χ2v) is 39.1. The summed E-state index contributed by atoms with van der Waals surface area (Å²) in [6.45, 7) is 18.4. The van der Waals surface area contributed by atoms with Gasteiger partial charge in [-0.05, 0) is 217 Å². The van der Waals surface area contributed by atoms with Crippen LogP contribution in [-0.4, -0.2) is 107 Å². The number of hydrogen-bond acceptors (Lipinski definition) is 24. The van der Waals surface area contributed by atoms with Gasteiger partial charge in [-0.2, -0.15) is 14.8 Å². The number of nitrogens with one attached hydrogen (secondary N) is 1. The maximum atomic E-state index is 13.4. The third-order valence-electron chi connectivity index (χ3n) is 18.6. The van der Waals surface area contributed by atoms with Gasteiger partial charge in [0.25, 0.3) is 9.24 Å². The Morgan fingerprint density at radius 3 is 1.33 bits per heavy atom. The van der Waals surface area contributed by atoms with Crippen LogP contribution in [0.5, 0.6) is 0 Å². The molecular weight excluding hydrogens is 1980 g/mol. The Bertz CT molecular complexity index is 5500. The first-order chi connectivity index (χ1) is 58.1. The van der Waals surface area contributed by atoms with E-state index in [1.807, 2.05) is 131 Å². The monoisotopic (exact) mass is 2070 g/mol. The number of anilines is 1. The fraction of sp³-hybridized carbons (Fsp3) is 0.302. The number of unbranched alkanes of at least 4 members (excludes halogenated alkanes) is 1. The Labute approximate surface area is 805 Å². The van der Waals surface area contributed by atoms with Crippen LogP contribution >= 0.6 is 160 Å². The topological polar surface area (TPSA) is 347 Å². The third kappa shape index (κ3) is 37.5. The maximum absolute atomic E-state index is 13.4. The van der Waals surface area contributed by atoms with Crippen LogP contribution in [0.25, 0.3) is 0 Å². The van der Waals surface area contributed by atoms with Gasteiger partial charge >= 0.3 is 41.4 Å².